The summed E-state index contributed by atoms with van der Waals surface area (Å²) in [5, 5.41) is 0. The van der Waals surface area contributed by atoms with Gasteiger partial charge in [0.15, 0.2) is 0 Å². The van der Waals surface area contributed by atoms with Crippen LogP contribution in [0.5, 0.6) is 0 Å². The first kappa shape index (κ1) is 18.6. The molecule has 4 nitrogen and oxygen atoms in total. The molecule has 1 aromatic carbocycles. The van der Waals surface area contributed by atoms with Crippen molar-refractivity contribution in [1.29, 1.82) is 0 Å². The Hall–Kier alpha value is -1.78. The number of halogens is 1. The van der Waals surface area contributed by atoms with Gasteiger partial charge in [-0.2, -0.15) is 0 Å². The van der Waals surface area contributed by atoms with Gasteiger partial charge in [0, 0.05) is 25.8 Å². The zero-order chi connectivity index (χ0) is 16.4. The van der Waals surface area contributed by atoms with E-state index in [1.807, 2.05) is 24.1 Å². The summed E-state index contributed by atoms with van der Waals surface area (Å²) in [4.78, 5) is 16.9. The molecule has 24 heavy (non-hydrogen) atoms. The van der Waals surface area contributed by atoms with Crippen LogP contribution >= 0.6 is 12.4 Å². The zero-order valence-electron chi connectivity index (χ0n) is 14.6. The first-order valence-electron chi connectivity index (χ1n) is 8.26. The van der Waals surface area contributed by atoms with Crippen LogP contribution in [0, 0.1) is 0 Å². The summed E-state index contributed by atoms with van der Waals surface area (Å²) >= 11 is 0. The van der Waals surface area contributed by atoms with Crippen molar-refractivity contribution < 1.29 is 4.79 Å². The van der Waals surface area contributed by atoms with Crippen molar-refractivity contribution in [1.82, 2.24) is 14.4 Å². The van der Waals surface area contributed by atoms with E-state index in [0.29, 0.717) is 0 Å². The van der Waals surface area contributed by atoms with Crippen molar-refractivity contribution in [2.24, 2.45) is 7.05 Å². The molecular weight excluding hydrogens is 322 g/mol. The molecule has 1 saturated heterocycles. The quantitative estimate of drug-likeness (QED) is 0.848. The molecule has 0 bridgehead atoms. The lowest BCUT2D eigenvalue weighted by Crippen LogP contribution is -2.30. The van der Waals surface area contributed by atoms with Gasteiger partial charge in [-0.05, 0) is 44.6 Å². The maximum absolute atomic E-state index is 12.7. The highest BCUT2D eigenvalue weighted by Gasteiger charge is 2.25. The predicted octanol–water partition coefficient (Wildman–Crippen LogP) is 3.33. The van der Waals surface area contributed by atoms with Crippen LogP contribution in [0.1, 0.15) is 40.6 Å². The molecule has 2 aromatic rings. The number of carbonyl (C=O) groups excluding carboxylic acids is 1. The summed E-state index contributed by atoms with van der Waals surface area (Å²) in [6.07, 6.45) is 2.24. The molecule has 0 spiro atoms. The summed E-state index contributed by atoms with van der Waals surface area (Å²) < 4.78 is 2.05. The smallest absolute Gasteiger partial charge is 0.270 e. The second kappa shape index (κ2) is 7.86. The number of rotatable bonds is 4. The molecule has 0 radical (unpaired) electrons. The second-order valence-electron chi connectivity index (χ2n) is 6.48. The van der Waals surface area contributed by atoms with E-state index in [2.05, 4.69) is 53.9 Å². The number of hydrogen-bond acceptors (Lipinski definition) is 2. The third kappa shape index (κ3) is 3.50. The molecule has 1 aliphatic rings. The summed E-state index contributed by atoms with van der Waals surface area (Å²) in [6.45, 7) is 1.77. The fraction of sp³-hybridized carbons (Fsp3) is 0.421. The average molecular weight is 348 g/mol. The number of carbonyl (C=O) groups is 1. The Kier molecular flexibility index (Phi) is 6.08. The van der Waals surface area contributed by atoms with Crippen molar-refractivity contribution in [2.45, 2.75) is 18.9 Å². The van der Waals surface area contributed by atoms with Crippen LogP contribution in [-0.4, -0.2) is 47.5 Å². The zero-order valence-corrected chi connectivity index (χ0v) is 15.4. The largest absolute Gasteiger partial charge is 0.342 e. The van der Waals surface area contributed by atoms with Gasteiger partial charge in [0.05, 0.1) is 6.04 Å². The average Bonchev–Trinajstić information content (AvgIpc) is 3.19. The minimum atomic E-state index is 0. The molecule has 1 amide bonds. The molecule has 130 valence electrons. The van der Waals surface area contributed by atoms with Crippen LogP contribution in [0.3, 0.4) is 0 Å². The molecule has 1 aromatic heterocycles. The van der Waals surface area contributed by atoms with E-state index in [0.717, 1.165) is 37.3 Å². The highest BCUT2D eigenvalue weighted by Crippen LogP contribution is 2.28. The van der Waals surface area contributed by atoms with Gasteiger partial charge in [0.25, 0.3) is 5.91 Å². The standard InChI is InChI=1S/C19H25N3O.ClH/c1-20(2)18(15-9-5-4-6-10-15)16-11-12-17(21(16)3)19(23)22-13-7-8-14-22;/h4-6,9-12,18H,7-8,13-14H2,1-3H3;1H. The van der Waals surface area contributed by atoms with E-state index in [4.69, 9.17) is 0 Å². The Labute approximate surface area is 150 Å². The molecular formula is C19H26ClN3O. The van der Waals surface area contributed by atoms with Gasteiger partial charge in [-0.3, -0.25) is 9.69 Å². The number of hydrogen-bond donors (Lipinski definition) is 0. The van der Waals surface area contributed by atoms with Gasteiger partial charge < -0.3 is 9.47 Å². The van der Waals surface area contributed by atoms with Gasteiger partial charge in [-0.25, -0.2) is 0 Å². The van der Waals surface area contributed by atoms with E-state index in [1.54, 1.807) is 0 Å². The fourth-order valence-corrected chi connectivity index (χ4v) is 3.47. The Morgan fingerprint density at radius 3 is 2.25 bits per heavy atom. The van der Waals surface area contributed by atoms with Crippen molar-refractivity contribution in [2.75, 3.05) is 27.2 Å². The van der Waals surface area contributed by atoms with Crippen molar-refractivity contribution in [3.63, 3.8) is 0 Å². The van der Waals surface area contributed by atoms with Crippen LogP contribution < -0.4 is 0 Å². The summed E-state index contributed by atoms with van der Waals surface area (Å²) in [7, 11) is 6.15. The van der Waals surface area contributed by atoms with Crippen molar-refractivity contribution in [3.05, 3.63) is 59.4 Å². The molecule has 2 heterocycles. The highest BCUT2D eigenvalue weighted by atomic mass is 35.5. The minimum Gasteiger partial charge on any atom is -0.342 e. The Morgan fingerprint density at radius 1 is 1.04 bits per heavy atom. The summed E-state index contributed by atoms with van der Waals surface area (Å²) in [6, 6.07) is 14.6. The van der Waals surface area contributed by atoms with Gasteiger partial charge in [0.2, 0.25) is 0 Å². The summed E-state index contributed by atoms with van der Waals surface area (Å²) in [5.41, 5.74) is 3.16. The van der Waals surface area contributed by atoms with Crippen LogP contribution in [-0.2, 0) is 7.05 Å². The molecule has 1 aliphatic heterocycles. The molecule has 3 rings (SSSR count). The Morgan fingerprint density at radius 2 is 1.67 bits per heavy atom. The molecule has 1 unspecified atom stereocenters. The molecule has 1 fully saturated rings. The molecule has 0 aliphatic carbocycles. The van der Waals surface area contributed by atoms with Gasteiger partial charge in [0.1, 0.15) is 5.69 Å². The second-order valence-corrected chi connectivity index (χ2v) is 6.48. The van der Waals surface area contributed by atoms with Gasteiger partial charge >= 0.3 is 0 Å². The molecule has 1 atom stereocenters. The van der Waals surface area contributed by atoms with Crippen LogP contribution in [0.15, 0.2) is 42.5 Å². The molecule has 5 heteroatoms. The van der Waals surface area contributed by atoms with Gasteiger partial charge in [-0.1, -0.05) is 30.3 Å². The highest BCUT2D eigenvalue weighted by molar-refractivity contribution is 5.93. The normalized spacial score (nSPS) is 15.4. The van der Waals surface area contributed by atoms with E-state index in [1.165, 1.54) is 5.56 Å². The maximum atomic E-state index is 12.7. The van der Waals surface area contributed by atoms with E-state index in [9.17, 15) is 4.79 Å². The lowest BCUT2D eigenvalue weighted by atomic mass is 10.0. The van der Waals surface area contributed by atoms with Crippen LogP contribution in [0.4, 0.5) is 0 Å². The molecule has 0 N–H and O–H groups in total. The minimum absolute atomic E-state index is 0. The lowest BCUT2D eigenvalue weighted by molar-refractivity contribution is 0.0782. The van der Waals surface area contributed by atoms with Crippen molar-refractivity contribution in [3.8, 4) is 0 Å². The van der Waals surface area contributed by atoms with E-state index < -0.39 is 0 Å². The number of benzene rings is 1. The van der Waals surface area contributed by atoms with Crippen LogP contribution in [0.2, 0.25) is 0 Å². The fourth-order valence-electron chi connectivity index (χ4n) is 3.47. The third-order valence-electron chi connectivity index (χ3n) is 4.68. The number of nitrogens with zero attached hydrogens (tertiary/aromatic N) is 3. The van der Waals surface area contributed by atoms with Crippen molar-refractivity contribution >= 4 is 18.3 Å². The Balaban J connectivity index is 0.00000208. The lowest BCUT2D eigenvalue weighted by Gasteiger charge is -2.26. The maximum Gasteiger partial charge on any atom is 0.270 e. The predicted molar refractivity (Wildman–Crippen MR) is 99.8 cm³/mol. The first-order valence-corrected chi connectivity index (χ1v) is 8.26. The topological polar surface area (TPSA) is 28.5 Å². The van der Waals surface area contributed by atoms with Crippen LogP contribution in [0.25, 0.3) is 0 Å². The number of amides is 1. The SMILES string of the molecule is CN(C)C(c1ccccc1)c1ccc(C(=O)N2CCCC2)n1C.Cl. The number of likely N-dealkylation sites (tertiary alicyclic amines) is 1. The van der Waals surface area contributed by atoms with E-state index in [-0.39, 0.29) is 24.4 Å². The summed E-state index contributed by atoms with van der Waals surface area (Å²) in [5.74, 6) is 0.154. The third-order valence-corrected chi connectivity index (χ3v) is 4.68. The van der Waals surface area contributed by atoms with Gasteiger partial charge in [-0.15, -0.1) is 12.4 Å². The van der Waals surface area contributed by atoms with E-state index >= 15 is 0 Å². The molecule has 0 saturated carbocycles. The Bertz CT molecular complexity index is 675. The monoisotopic (exact) mass is 347 g/mol. The first-order chi connectivity index (χ1) is 11.1. The number of aromatic nitrogens is 1.